The minimum atomic E-state index is -0.506. The first kappa shape index (κ1) is 21.5. The number of hydrogen-bond donors (Lipinski definition) is 1. The number of benzene rings is 2. The number of rotatable bonds is 6. The van der Waals surface area contributed by atoms with E-state index in [-0.39, 0.29) is 11.7 Å². The predicted octanol–water partition coefficient (Wildman–Crippen LogP) is 3.10. The maximum Gasteiger partial charge on any atom is 0.414 e. The number of nitro groups is 1. The van der Waals surface area contributed by atoms with E-state index in [1.165, 1.54) is 11.8 Å². The summed E-state index contributed by atoms with van der Waals surface area (Å²) in [5.41, 5.74) is 3.96. The third-order valence-corrected chi connectivity index (χ3v) is 5.39. The highest BCUT2D eigenvalue weighted by molar-refractivity contribution is 5.94. The summed E-state index contributed by atoms with van der Waals surface area (Å²) in [5.74, 6) is -0.257. The summed E-state index contributed by atoms with van der Waals surface area (Å²) in [6.45, 7) is 5.71. The highest BCUT2D eigenvalue weighted by atomic mass is 16.6. The third-order valence-electron chi connectivity index (χ3n) is 5.39. The van der Waals surface area contributed by atoms with Gasteiger partial charge in [0.1, 0.15) is 12.8 Å². The molecule has 0 bridgehead atoms. The van der Waals surface area contributed by atoms with Crippen LogP contribution in [0.3, 0.4) is 0 Å². The van der Waals surface area contributed by atoms with Crippen LogP contribution < -0.4 is 10.1 Å². The van der Waals surface area contributed by atoms with Crippen molar-refractivity contribution in [2.75, 3.05) is 26.2 Å². The fourth-order valence-corrected chi connectivity index (χ4v) is 3.67. The molecule has 32 heavy (non-hydrogen) atoms. The van der Waals surface area contributed by atoms with E-state index in [1.807, 2.05) is 31.2 Å². The Balaban J connectivity index is 1.38. The molecule has 1 amide bonds. The number of carbonyl (C=O) groups excluding carboxylic acids is 1. The van der Waals surface area contributed by atoms with Crippen LogP contribution in [0.25, 0.3) is 11.1 Å². The summed E-state index contributed by atoms with van der Waals surface area (Å²) in [5, 5.41) is 13.7. The van der Waals surface area contributed by atoms with Crippen molar-refractivity contribution in [3.05, 3.63) is 76.0 Å². The van der Waals surface area contributed by atoms with Crippen molar-refractivity contribution in [3.63, 3.8) is 0 Å². The molecule has 4 rings (SSSR count). The molecule has 2 aromatic carbocycles. The molecule has 3 aromatic rings. The van der Waals surface area contributed by atoms with Crippen molar-refractivity contribution in [1.29, 1.82) is 0 Å². The number of fused-ring (bicyclic) bond motifs is 1. The molecule has 0 unspecified atom stereocenters. The van der Waals surface area contributed by atoms with Crippen LogP contribution in [0, 0.1) is 10.1 Å². The Labute approximate surface area is 185 Å². The van der Waals surface area contributed by atoms with Gasteiger partial charge in [-0.05, 0) is 40.7 Å². The Morgan fingerprint density at radius 2 is 1.78 bits per heavy atom. The Hall–Kier alpha value is -3.72. The molecule has 0 saturated heterocycles. The van der Waals surface area contributed by atoms with E-state index in [9.17, 15) is 14.9 Å². The lowest BCUT2D eigenvalue weighted by atomic mass is 10.0. The standard InChI is InChI=1S/C23H25N5O4/c1-2-24-22(29)20-9-7-19(8-10-20)18-5-3-17(4-6-18)15-26-11-12-27-16-21(28(30)31)25-23(27)32-14-13-26/h3-10,16H,2,11-15H2,1H3,(H,24,29). The SMILES string of the molecule is CCNC(=O)c1ccc(-c2ccc(CN3CCOc4nc([N+](=O)[O-])cn4CC3)cc2)cc1. The normalized spacial score (nSPS) is 14.0. The van der Waals surface area contributed by atoms with Gasteiger partial charge in [-0.2, -0.15) is 0 Å². The molecule has 0 atom stereocenters. The van der Waals surface area contributed by atoms with E-state index in [0.717, 1.165) is 24.2 Å². The number of amides is 1. The second-order valence-electron chi connectivity index (χ2n) is 7.59. The van der Waals surface area contributed by atoms with Crippen LogP contribution in [0.4, 0.5) is 5.82 Å². The molecular formula is C23H25N5O4. The van der Waals surface area contributed by atoms with Crippen LogP contribution >= 0.6 is 0 Å². The summed E-state index contributed by atoms with van der Waals surface area (Å²) >= 11 is 0. The van der Waals surface area contributed by atoms with Gasteiger partial charge in [0.05, 0.1) is 0 Å². The van der Waals surface area contributed by atoms with Gasteiger partial charge in [0, 0.05) is 43.3 Å². The molecule has 0 aliphatic carbocycles. The quantitative estimate of drug-likeness (QED) is 0.471. The largest absolute Gasteiger partial charge is 0.444 e. The number of carbonyl (C=O) groups is 1. The van der Waals surface area contributed by atoms with E-state index in [0.29, 0.717) is 37.8 Å². The zero-order chi connectivity index (χ0) is 22.5. The first-order chi connectivity index (χ1) is 15.5. The van der Waals surface area contributed by atoms with Crippen LogP contribution in [-0.2, 0) is 13.1 Å². The topological polar surface area (TPSA) is 103 Å². The van der Waals surface area contributed by atoms with Crippen LogP contribution in [0.5, 0.6) is 6.01 Å². The van der Waals surface area contributed by atoms with Gasteiger partial charge in [-0.25, -0.2) is 0 Å². The molecule has 1 aromatic heterocycles. The molecule has 9 nitrogen and oxygen atoms in total. The van der Waals surface area contributed by atoms with Crippen LogP contribution in [0.15, 0.2) is 54.7 Å². The Morgan fingerprint density at radius 3 is 2.44 bits per heavy atom. The average Bonchev–Trinajstić information content (AvgIpc) is 3.19. The van der Waals surface area contributed by atoms with Crippen molar-refractivity contribution >= 4 is 11.7 Å². The van der Waals surface area contributed by atoms with E-state index < -0.39 is 4.92 Å². The molecule has 1 N–H and O–H groups in total. The van der Waals surface area contributed by atoms with Gasteiger partial charge in [-0.3, -0.25) is 14.3 Å². The van der Waals surface area contributed by atoms with Gasteiger partial charge in [-0.15, -0.1) is 0 Å². The van der Waals surface area contributed by atoms with E-state index >= 15 is 0 Å². The molecular weight excluding hydrogens is 410 g/mol. The highest BCUT2D eigenvalue weighted by Crippen LogP contribution is 2.22. The molecule has 166 valence electrons. The van der Waals surface area contributed by atoms with E-state index in [2.05, 4.69) is 39.5 Å². The first-order valence-electron chi connectivity index (χ1n) is 10.6. The minimum absolute atomic E-state index is 0.0657. The van der Waals surface area contributed by atoms with E-state index in [4.69, 9.17) is 4.74 Å². The second kappa shape index (κ2) is 9.61. The van der Waals surface area contributed by atoms with E-state index in [1.54, 1.807) is 4.57 Å². The van der Waals surface area contributed by atoms with Crippen molar-refractivity contribution in [2.24, 2.45) is 0 Å². The zero-order valence-electron chi connectivity index (χ0n) is 17.9. The Kier molecular flexibility index (Phi) is 6.46. The second-order valence-corrected chi connectivity index (χ2v) is 7.59. The fourth-order valence-electron chi connectivity index (χ4n) is 3.67. The van der Waals surface area contributed by atoms with Gasteiger partial charge >= 0.3 is 11.8 Å². The molecule has 1 aliphatic heterocycles. The summed E-state index contributed by atoms with van der Waals surface area (Å²) in [6.07, 6.45) is 1.42. The molecule has 0 spiro atoms. The maximum absolute atomic E-state index is 11.9. The molecule has 1 aliphatic rings. The van der Waals surface area contributed by atoms with Crippen molar-refractivity contribution in [2.45, 2.75) is 20.0 Å². The number of ether oxygens (including phenoxy) is 1. The lowest BCUT2D eigenvalue weighted by Gasteiger charge is -2.24. The lowest BCUT2D eigenvalue weighted by Crippen LogP contribution is -2.33. The summed E-state index contributed by atoms with van der Waals surface area (Å²) in [7, 11) is 0. The predicted molar refractivity (Wildman–Crippen MR) is 120 cm³/mol. The van der Waals surface area contributed by atoms with Gasteiger partial charge in [0.25, 0.3) is 5.91 Å². The van der Waals surface area contributed by atoms with Crippen molar-refractivity contribution < 1.29 is 14.5 Å². The number of imidazole rings is 1. The summed E-state index contributed by atoms with van der Waals surface area (Å²) in [6, 6.07) is 16.2. The zero-order valence-corrected chi connectivity index (χ0v) is 17.9. The first-order valence-corrected chi connectivity index (χ1v) is 10.6. The molecule has 0 fully saturated rings. The summed E-state index contributed by atoms with van der Waals surface area (Å²) < 4.78 is 7.32. The highest BCUT2D eigenvalue weighted by Gasteiger charge is 2.22. The summed E-state index contributed by atoms with van der Waals surface area (Å²) in [4.78, 5) is 28.5. The third kappa shape index (κ3) is 4.94. The monoisotopic (exact) mass is 435 g/mol. The molecule has 0 radical (unpaired) electrons. The smallest absolute Gasteiger partial charge is 0.414 e. The van der Waals surface area contributed by atoms with Gasteiger partial charge in [0.15, 0.2) is 0 Å². The van der Waals surface area contributed by atoms with Gasteiger partial charge < -0.3 is 20.2 Å². The number of hydrogen-bond acceptors (Lipinski definition) is 6. The van der Waals surface area contributed by atoms with Crippen LogP contribution in [-0.4, -0.2) is 51.5 Å². The molecule has 0 saturated carbocycles. The van der Waals surface area contributed by atoms with Gasteiger partial charge in [0.2, 0.25) is 0 Å². The van der Waals surface area contributed by atoms with Crippen LogP contribution in [0.2, 0.25) is 0 Å². The number of nitrogens with zero attached hydrogens (tertiary/aromatic N) is 4. The minimum Gasteiger partial charge on any atom is -0.444 e. The average molecular weight is 435 g/mol. The Morgan fingerprint density at radius 1 is 1.09 bits per heavy atom. The molecule has 9 heteroatoms. The fraction of sp³-hybridized carbons (Fsp3) is 0.304. The Bertz CT molecular complexity index is 1090. The van der Waals surface area contributed by atoms with Crippen molar-refractivity contribution in [3.8, 4) is 17.1 Å². The maximum atomic E-state index is 11.9. The van der Waals surface area contributed by atoms with Crippen LogP contribution in [0.1, 0.15) is 22.8 Å². The van der Waals surface area contributed by atoms with Gasteiger partial charge in [-0.1, -0.05) is 36.4 Å². The molecule has 2 heterocycles. The lowest BCUT2D eigenvalue weighted by molar-refractivity contribution is -0.389. The number of aromatic nitrogens is 2. The van der Waals surface area contributed by atoms with Crippen molar-refractivity contribution in [1.82, 2.24) is 19.8 Å². The number of nitrogens with one attached hydrogen (secondary N) is 1.